The molecule has 4 rings (SSSR count). The van der Waals surface area contributed by atoms with Gasteiger partial charge in [0.2, 0.25) is 0 Å². The summed E-state index contributed by atoms with van der Waals surface area (Å²) in [5, 5.41) is 6.30. The number of hydrogen-bond donors (Lipinski definition) is 1. The van der Waals surface area contributed by atoms with Crippen molar-refractivity contribution in [2.24, 2.45) is 14.1 Å². The largest absolute Gasteiger partial charge is 0.332 e. The molecule has 0 aliphatic carbocycles. The lowest BCUT2D eigenvalue weighted by Gasteiger charge is -2.12. The second-order valence-electron chi connectivity index (χ2n) is 6.47. The molecule has 0 aliphatic rings. The molecule has 0 radical (unpaired) electrons. The Morgan fingerprint density at radius 3 is 2.40 bits per heavy atom. The highest BCUT2D eigenvalue weighted by molar-refractivity contribution is 7.92. The Labute approximate surface area is 175 Å². The zero-order chi connectivity index (χ0) is 21.5. The smallest absolute Gasteiger partial charge is 0.282 e. The van der Waals surface area contributed by atoms with E-state index in [4.69, 9.17) is 0 Å². The van der Waals surface area contributed by atoms with Crippen molar-refractivity contribution in [2.45, 2.75) is 4.90 Å². The third-order valence-corrected chi connectivity index (χ3v) is 6.74. The average molecular weight is 444 g/mol. The summed E-state index contributed by atoms with van der Waals surface area (Å²) in [4.78, 5) is 24.7. The molecule has 3 aromatic heterocycles. The summed E-state index contributed by atoms with van der Waals surface area (Å²) in [6.45, 7) is 0. The van der Waals surface area contributed by atoms with E-state index in [-0.39, 0.29) is 16.4 Å². The third-order valence-electron chi connectivity index (χ3n) is 4.51. The first-order valence-electron chi connectivity index (χ1n) is 8.77. The molecule has 0 fully saturated rings. The summed E-state index contributed by atoms with van der Waals surface area (Å²) in [6.07, 6.45) is 1.41. The molecule has 0 bridgehead atoms. The molecule has 0 spiro atoms. The molecule has 0 aliphatic heterocycles. The van der Waals surface area contributed by atoms with Crippen LogP contribution >= 0.6 is 11.3 Å². The maximum absolute atomic E-state index is 13.2. The molecule has 30 heavy (non-hydrogen) atoms. The first-order chi connectivity index (χ1) is 14.3. The zero-order valence-corrected chi connectivity index (χ0v) is 17.6. The number of thiophene rings is 1. The monoisotopic (exact) mass is 443 g/mol. The number of para-hydroxylation sites is 1. The maximum Gasteiger partial charge on any atom is 0.332 e. The Morgan fingerprint density at radius 2 is 1.73 bits per heavy atom. The molecule has 1 N–H and O–H groups in total. The van der Waals surface area contributed by atoms with Gasteiger partial charge >= 0.3 is 5.69 Å². The minimum absolute atomic E-state index is 0.0677. The number of rotatable bonds is 5. The van der Waals surface area contributed by atoms with Gasteiger partial charge in [0.05, 0.1) is 16.8 Å². The molecule has 0 saturated carbocycles. The van der Waals surface area contributed by atoms with Gasteiger partial charge in [-0.25, -0.2) is 17.9 Å². The van der Waals surface area contributed by atoms with Gasteiger partial charge in [-0.1, -0.05) is 24.3 Å². The summed E-state index contributed by atoms with van der Waals surface area (Å²) in [5.41, 5.74) is -0.291. The Balaban J connectivity index is 1.86. The SMILES string of the molecule is Cn1c(NS(=O)(=O)c2cn(-c3ccccc3)nc2-c2cccs2)cc(=O)n(C)c1=O. The van der Waals surface area contributed by atoms with Crippen molar-refractivity contribution in [3.8, 4) is 16.3 Å². The number of nitrogens with one attached hydrogen (secondary N) is 1. The van der Waals surface area contributed by atoms with E-state index in [1.165, 1.54) is 36.3 Å². The summed E-state index contributed by atoms with van der Waals surface area (Å²) in [7, 11) is -1.46. The lowest BCUT2D eigenvalue weighted by Crippen LogP contribution is -2.38. The minimum Gasteiger partial charge on any atom is -0.282 e. The number of anilines is 1. The second-order valence-corrected chi connectivity index (χ2v) is 9.07. The number of nitrogens with zero attached hydrogens (tertiary/aromatic N) is 4. The molecule has 4 aromatic rings. The minimum atomic E-state index is -4.16. The van der Waals surface area contributed by atoms with E-state index in [9.17, 15) is 18.0 Å². The van der Waals surface area contributed by atoms with Crippen LogP contribution < -0.4 is 16.0 Å². The van der Waals surface area contributed by atoms with Crippen molar-refractivity contribution >= 4 is 27.2 Å². The zero-order valence-electron chi connectivity index (χ0n) is 16.0. The van der Waals surface area contributed by atoms with Gasteiger partial charge in [-0.15, -0.1) is 11.3 Å². The van der Waals surface area contributed by atoms with Crippen molar-refractivity contribution in [1.29, 1.82) is 0 Å². The van der Waals surface area contributed by atoms with Crippen LogP contribution in [0.3, 0.4) is 0 Å². The van der Waals surface area contributed by atoms with Crippen LogP contribution in [0.15, 0.2) is 74.6 Å². The fourth-order valence-electron chi connectivity index (χ4n) is 2.88. The van der Waals surface area contributed by atoms with E-state index in [2.05, 4.69) is 9.82 Å². The molecular formula is C19H17N5O4S2. The number of aromatic nitrogens is 4. The molecule has 154 valence electrons. The van der Waals surface area contributed by atoms with Crippen LogP contribution in [0, 0.1) is 0 Å². The van der Waals surface area contributed by atoms with Gasteiger partial charge in [0.15, 0.2) is 0 Å². The van der Waals surface area contributed by atoms with Gasteiger partial charge in [0.25, 0.3) is 15.6 Å². The van der Waals surface area contributed by atoms with Crippen LogP contribution in [0.5, 0.6) is 0 Å². The first-order valence-corrected chi connectivity index (χ1v) is 11.1. The van der Waals surface area contributed by atoms with E-state index in [0.717, 1.165) is 15.2 Å². The molecule has 3 heterocycles. The Kier molecular flexibility index (Phi) is 4.92. The Morgan fingerprint density at radius 1 is 1.00 bits per heavy atom. The topological polar surface area (TPSA) is 108 Å². The van der Waals surface area contributed by atoms with Gasteiger partial charge < -0.3 is 0 Å². The van der Waals surface area contributed by atoms with Crippen LogP contribution in [0.4, 0.5) is 5.82 Å². The molecule has 9 nitrogen and oxygen atoms in total. The molecule has 0 unspecified atom stereocenters. The highest BCUT2D eigenvalue weighted by Gasteiger charge is 2.26. The Hall–Kier alpha value is -3.44. The van der Waals surface area contributed by atoms with Crippen molar-refractivity contribution < 1.29 is 8.42 Å². The number of hydrogen-bond acceptors (Lipinski definition) is 6. The highest BCUT2D eigenvalue weighted by atomic mass is 32.2. The number of benzene rings is 1. The van der Waals surface area contributed by atoms with Crippen molar-refractivity contribution in [3.05, 3.63) is 80.9 Å². The van der Waals surface area contributed by atoms with E-state index in [1.54, 1.807) is 24.3 Å². The molecule has 0 amide bonds. The van der Waals surface area contributed by atoms with Crippen LogP contribution in [0.25, 0.3) is 16.3 Å². The van der Waals surface area contributed by atoms with E-state index >= 15 is 0 Å². The van der Waals surface area contributed by atoms with Gasteiger partial charge in [0, 0.05) is 20.2 Å². The fraction of sp³-hybridized carbons (Fsp3) is 0.105. The Bertz CT molecular complexity index is 1430. The predicted octanol–water partition coefficient (Wildman–Crippen LogP) is 1.80. The van der Waals surface area contributed by atoms with Gasteiger partial charge in [0.1, 0.15) is 16.4 Å². The first kappa shape index (κ1) is 19.9. The highest BCUT2D eigenvalue weighted by Crippen LogP contribution is 2.31. The molecule has 0 atom stereocenters. The van der Waals surface area contributed by atoms with Crippen LogP contribution in [-0.4, -0.2) is 27.3 Å². The van der Waals surface area contributed by atoms with Crippen LogP contribution in [0.2, 0.25) is 0 Å². The van der Waals surface area contributed by atoms with Gasteiger partial charge in [-0.3, -0.25) is 18.7 Å². The number of sulfonamides is 1. The van der Waals surface area contributed by atoms with Crippen molar-refractivity contribution in [2.75, 3.05) is 4.72 Å². The van der Waals surface area contributed by atoms with E-state index in [1.807, 2.05) is 23.6 Å². The molecular weight excluding hydrogens is 426 g/mol. The van der Waals surface area contributed by atoms with E-state index in [0.29, 0.717) is 10.6 Å². The lowest BCUT2D eigenvalue weighted by atomic mass is 10.3. The van der Waals surface area contributed by atoms with Crippen LogP contribution in [-0.2, 0) is 24.1 Å². The fourth-order valence-corrected chi connectivity index (χ4v) is 4.89. The van der Waals surface area contributed by atoms with Gasteiger partial charge in [-0.2, -0.15) is 5.10 Å². The van der Waals surface area contributed by atoms with E-state index < -0.39 is 21.3 Å². The third kappa shape index (κ3) is 3.48. The summed E-state index contributed by atoms with van der Waals surface area (Å²) in [6, 6.07) is 13.7. The standard InChI is InChI=1S/C19H17N5O4S2/c1-22-16(11-17(25)23(2)19(22)26)21-30(27,28)15-12-24(13-7-4-3-5-8-13)20-18(15)14-9-6-10-29-14/h3-12,21H,1-2H3. The van der Waals surface area contributed by atoms with Gasteiger partial charge in [-0.05, 0) is 23.6 Å². The maximum atomic E-state index is 13.2. The summed E-state index contributed by atoms with van der Waals surface area (Å²) >= 11 is 1.35. The average Bonchev–Trinajstić information content (AvgIpc) is 3.41. The molecule has 11 heteroatoms. The van der Waals surface area contributed by atoms with Crippen molar-refractivity contribution in [1.82, 2.24) is 18.9 Å². The normalized spacial score (nSPS) is 11.5. The second kappa shape index (κ2) is 7.43. The molecule has 1 aromatic carbocycles. The van der Waals surface area contributed by atoms with Crippen molar-refractivity contribution in [3.63, 3.8) is 0 Å². The summed E-state index contributed by atoms with van der Waals surface area (Å²) in [5.74, 6) is -0.132. The molecule has 0 saturated heterocycles. The predicted molar refractivity (Wildman–Crippen MR) is 115 cm³/mol. The summed E-state index contributed by atoms with van der Waals surface area (Å²) < 4.78 is 32.3. The lowest BCUT2D eigenvalue weighted by molar-refractivity contribution is 0.600. The van der Waals surface area contributed by atoms with Crippen LogP contribution in [0.1, 0.15) is 0 Å². The quantitative estimate of drug-likeness (QED) is 0.506.